The molecular weight excluding hydrogens is 176 g/mol. The summed E-state index contributed by atoms with van der Waals surface area (Å²) in [4.78, 5) is 29.2. The van der Waals surface area contributed by atoms with Crippen LogP contribution in [0.15, 0.2) is 12.2 Å². The summed E-state index contributed by atoms with van der Waals surface area (Å²) < 4.78 is 0. The minimum Gasteiger partial charge on any atom is -0.478 e. The first-order valence-corrected chi connectivity index (χ1v) is 3.91. The van der Waals surface area contributed by atoms with Gasteiger partial charge in [0.15, 0.2) is 0 Å². The highest BCUT2D eigenvalue weighted by atomic mass is 17.2. The topological polar surface area (TPSA) is 72.8 Å². The molecule has 0 unspecified atom stereocenters. The predicted molar refractivity (Wildman–Crippen MR) is 43.7 cm³/mol. The van der Waals surface area contributed by atoms with Crippen molar-refractivity contribution in [1.29, 1.82) is 0 Å². The zero-order valence-electron chi connectivity index (χ0n) is 7.36. The maximum atomic E-state index is 10.6. The van der Waals surface area contributed by atoms with Gasteiger partial charge in [0.05, 0.1) is 6.61 Å². The SMILES string of the molecule is CCCCOOC(=O)/C=C\C(=O)O. The molecule has 0 radical (unpaired) electrons. The van der Waals surface area contributed by atoms with Crippen molar-refractivity contribution in [2.75, 3.05) is 6.61 Å². The fraction of sp³-hybridized carbons (Fsp3) is 0.500. The molecule has 5 heteroatoms. The van der Waals surface area contributed by atoms with Crippen LogP contribution in [0.25, 0.3) is 0 Å². The summed E-state index contributed by atoms with van der Waals surface area (Å²) in [6.45, 7) is 2.29. The van der Waals surface area contributed by atoms with Gasteiger partial charge in [0, 0.05) is 12.2 Å². The van der Waals surface area contributed by atoms with E-state index in [0.29, 0.717) is 12.7 Å². The Bertz CT molecular complexity index is 197. The fourth-order valence-corrected chi connectivity index (χ4v) is 0.470. The van der Waals surface area contributed by atoms with Crippen LogP contribution in [-0.2, 0) is 19.4 Å². The quantitative estimate of drug-likeness (QED) is 0.290. The van der Waals surface area contributed by atoms with Crippen LogP contribution in [0.2, 0.25) is 0 Å². The van der Waals surface area contributed by atoms with Gasteiger partial charge in [-0.05, 0) is 6.42 Å². The summed E-state index contributed by atoms with van der Waals surface area (Å²) in [5.74, 6) is -2.02. The van der Waals surface area contributed by atoms with Crippen LogP contribution in [0.4, 0.5) is 0 Å². The number of unbranched alkanes of at least 4 members (excludes halogenated alkanes) is 1. The maximum Gasteiger partial charge on any atom is 0.366 e. The van der Waals surface area contributed by atoms with Crippen LogP contribution in [0.3, 0.4) is 0 Å². The highest BCUT2D eigenvalue weighted by Crippen LogP contribution is 1.90. The molecule has 0 atom stereocenters. The van der Waals surface area contributed by atoms with Gasteiger partial charge in [0.1, 0.15) is 0 Å². The van der Waals surface area contributed by atoms with Crippen LogP contribution in [-0.4, -0.2) is 23.7 Å². The van der Waals surface area contributed by atoms with E-state index in [9.17, 15) is 9.59 Å². The van der Waals surface area contributed by atoms with Crippen molar-refractivity contribution in [2.24, 2.45) is 0 Å². The van der Waals surface area contributed by atoms with Crippen molar-refractivity contribution in [1.82, 2.24) is 0 Å². The molecule has 0 aromatic heterocycles. The summed E-state index contributed by atoms with van der Waals surface area (Å²) in [5.41, 5.74) is 0. The second kappa shape index (κ2) is 7.30. The monoisotopic (exact) mass is 188 g/mol. The second-order valence-electron chi connectivity index (χ2n) is 2.25. The highest BCUT2D eigenvalue weighted by Gasteiger charge is 1.98. The molecule has 13 heavy (non-hydrogen) atoms. The van der Waals surface area contributed by atoms with Crippen molar-refractivity contribution in [3.63, 3.8) is 0 Å². The standard InChI is InChI=1S/C8H12O5/c1-2-3-6-12-13-8(11)5-4-7(9)10/h4-5H,2-3,6H2,1H3,(H,9,10)/b5-4-. The van der Waals surface area contributed by atoms with Gasteiger partial charge in [-0.15, -0.1) is 0 Å². The molecule has 0 amide bonds. The lowest BCUT2D eigenvalue weighted by Gasteiger charge is -1.98. The molecule has 74 valence electrons. The Kier molecular flexibility index (Phi) is 6.53. The zero-order chi connectivity index (χ0) is 10.1. The van der Waals surface area contributed by atoms with Gasteiger partial charge in [0.25, 0.3) is 0 Å². The lowest BCUT2D eigenvalue weighted by Crippen LogP contribution is -2.04. The summed E-state index contributed by atoms with van der Waals surface area (Å²) in [6.07, 6.45) is 3.19. The Morgan fingerprint density at radius 1 is 1.38 bits per heavy atom. The average molecular weight is 188 g/mol. The lowest BCUT2D eigenvalue weighted by molar-refractivity contribution is -0.267. The Labute approximate surface area is 75.9 Å². The Morgan fingerprint density at radius 3 is 2.62 bits per heavy atom. The van der Waals surface area contributed by atoms with E-state index in [1.165, 1.54) is 0 Å². The maximum absolute atomic E-state index is 10.6. The van der Waals surface area contributed by atoms with Gasteiger partial charge in [-0.3, -0.25) is 4.89 Å². The second-order valence-corrected chi connectivity index (χ2v) is 2.25. The van der Waals surface area contributed by atoms with Gasteiger partial charge < -0.3 is 5.11 Å². The molecule has 0 saturated heterocycles. The molecule has 0 heterocycles. The molecule has 0 rings (SSSR count). The molecule has 1 N–H and O–H groups in total. The Morgan fingerprint density at radius 2 is 2.08 bits per heavy atom. The van der Waals surface area contributed by atoms with E-state index in [0.717, 1.165) is 18.9 Å². The molecule has 0 aliphatic heterocycles. The molecule has 0 aliphatic carbocycles. The fourth-order valence-electron chi connectivity index (χ4n) is 0.470. The van der Waals surface area contributed by atoms with E-state index in [-0.39, 0.29) is 0 Å². The smallest absolute Gasteiger partial charge is 0.366 e. The predicted octanol–water partition coefficient (Wildman–Crippen LogP) is 0.902. The lowest BCUT2D eigenvalue weighted by atomic mass is 10.4. The number of carboxylic acid groups (broad SMARTS) is 1. The first-order valence-electron chi connectivity index (χ1n) is 3.91. The van der Waals surface area contributed by atoms with E-state index in [2.05, 4.69) is 9.78 Å². The minimum atomic E-state index is -1.20. The van der Waals surface area contributed by atoms with Crippen LogP contribution < -0.4 is 0 Å². The van der Waals surface area contributed by atoms with Crippen molar-refractivity contribution < 1.29 is 24.5 Å². The third-order valence-corrected chi connectivity index (χ3v) is 1.08. The Balaban J connectivity index is 3.46. The van der Waals surface area contributed by atoms with E-state index in [1.54, 1.807) is 0 Å². The van der Waals surface area contributed by atoms with Gasteiger partial charge >= 0.3 is 11.9 Å². The van der Waals surface area contributed by atoms with E-state index in [4.69, 9.17) is 5.11 Å². The summed E-state index contributed by atoms with van der Waals surface area (Å²) >= 11 is 0. The van der Waals surface area contributed by atoms with Crippen molar-refractivity contribution in [2.45, 2.75) is 19.8 Å². The summed E-state index contributed by atoms with van der Waals surface area (Å²) in [6, 6.07) is 0. The minimum absolute atomic E-state index is 0.323. The van der Waals surface area contributed by atoms with Crippen LogP contribution in [0.5, 0.6) is 0 Å². The first kappa shape index (κ1) is 11.6. The van der Waals surface area contributed by atoms with Crippen molar-refractivity contribution >= 4 is 11.9 Å². The molecule has 0 aromatic carbocycles. The summed E-state index contributed by atoms with van der Waals surface area (Å²) in [7, 11) is 0. The summed E-state index contributed by atoms with van der Waals surface area (Å²) in [5, 5.41) is 8.14. The highest BCUT2D eigenvalue weighted by molar-refractivity contribution is 5.90. The van der Waals surface area contributed by atoms with Gasteiger partial charge in [-0.1, -0.05) is 13.3 Å². The van der Waals surface area contributed by atoms with Crippen LogP contribution in [0.1, 0.15) is 19.8 Å². The molecule has 0 aromatic rings. The number of aliphatic carboxylic acids is 1. The Hall–Kier alpha value is -1.36. The van der Waals surface area contributed by atoms with Crippen LogP contribution >= 0.6 is 0 Å². The van der Waals surface area contributed by atoms with Crippen molar-refractivity contribution in [3.8, 4) is 0 Å². The number of carboxylic acids is 1. The first-order chi connectivity index (χ1) is 6.16. The number of hydrogen-bond donors (Lipinski definition) is 1. The molecule has 0 aliphatic rings. The number of hydrogen-bond acceptors (Lipinski definition) is 4. The van der Waals surface area contributed by atoms with Crippen molar-refractivity contribution in [3.05, 3.63) is 12.2 Å². The molecule has 0 spiro atoms. The molecule has 0 bridgehead atoms. The molecular formula is C8H12O5. The van der Waals surface area contributed by atoms with Crippen LogP contribution in [0, 0.1) is 0 Å². The van der Waals surface area contributed by atoms with E-state index < -0.39 is 11.9 Å². The largest absolute Gasteiger partial charge is 0.478 e. The molecule has 0 fully saturated rings. The average Bonchev–Trinajstić information content (AvgIpc) is 2.09. The van der Waals surface area contributed by atoms with Gasteiger partial charge in [-0.25, -0.2) is 9.59 Å². The molecule has 5 nitrogen and oxygen atoms in total. The van der Waals surface area contributed by atoms with E-state index >= 15 is 0 Å². The number of carbonyl (C=O) groups is 2. The number of rotatable bonds is 6. The normalized spacial score (nSPS) is 10.2. The van der Waals surface area contributed by atoms with Gasteiger partial charge in [-0.2, -0.15) is 4.89 Å². The zero-order valence-corrected chi connectivity index (χ0v) is 7.36. The number of carbonyl (C=O) groups excluding carboxylic acids is 1. The van der Waals surface area contributed by atoms with E-state index in [1.807, 2.05) is 6.92 Å². The third kappa shape index (κ3) is 8.55. The third-order valence-electron chi connectivity index (χ3n) is 1.08. The molecule has 0 saturated carbocycles. The van der Waals surface area contributed by atoms with Gasteiger partial charge in [0.2, 0.25) is 0 Å².